The van der Waals surface area contributed by atoms with Crippen LogP contribution < -0.4 is 5.56 Å². The third-order valence-corrected chi connectivity index (χ3v) is 4.01. The molecule has 0 aliphatic rings. The first kappa shape index (κ1) is 14.7. The van der Waals surface area contributed by atoms with Crippen molar-refractivity contribution in [2.75, 3.05) is 7.05 Å². The first-order valence-corrected chi connectivity index (χ1v) is 7.55. The summed E-state index contributed by atoms with van der Waals surface area (Å²) in [5.74, 6) is 1.11. The largest absolute Gasteiger partial charge is 0.338 e. The van der Waals surface area contributed by atoms with Crippen LogP contribution in [0.2, 0.25) is 0 Å². The standard InChI is InChI=1S/C14H19N3O2S/c1-9(2)4-5-12(18)17(3)8-11-15-10-6-7-20-13(10)14(19)16-11/h6-7,9H,4-5,8H2,1-3H3,(H,15,16,19). The van der Waals surface area contributed by atoms with Crippen LogP contribution in [0.3, 0.4) is 0 Å². The fourth-order valence-electron chi connectivity index (χ4n) is 1.91. The fraction of sp³-hybridized carbons (Fsp3) is 0.500. The lowest BCUT2D eigenvalue weighted by atomic mass is 10.1. The highest BCUT2D eigenvalue weighted by atomic mass is 32.1. The summed E-state index contributed by atoms with van der Waals surface area (Å²) in [5.41, 5.74) is 0.555. The molecule has 1 amide bonds. The third-order valence-electron chi connectivity index (χ3n) is 3.11. The van der Waals surface area contributed by atoms with Crippen LogP contribution in [0.25, 0.3) is 10.2 Å². The zero-order chi connectivity index (χ0) is 14.7. The van der Waals surface area contributed by atoms with Crippen LogP contribution in [0.1, 0.15) is 32.5 Å². The van der Waals surface area contributed by atoms with Crippen molar-refractivity contribution in [3.05, 3.63) is 27.6 Å². The molecule has 108 valence electrons. The van der Waals surface area contributed by atoms with Gasteiger partial charge in [-0.05, 0) is 23.8 Å². The number of H-pyrrole nitrogens is 1. The fourth-order valence-corrected chi connectivity index (χ4v) is 2.64. The average molecular weight is 293 g/mol. The summed E-state index contributed by atoms with van der Waals surface area (Å²) in [7, 11) is 1.74. The molecule has 0 aliphatic carbocycles. The minimum atomic E-state index is -0.136. The summed E-state index contributed by atoms with van der Waals surface area (Å²) >= 11 is 1.37. The molecule has 0 radical (unpaired) electrons. The Bertz CT molecular complexity index is 660. The Morgan fingerprint density at radius 1 is 1.50 bits per heavy atom. The molecule has 0 spiro atoms. The van der Waals surface area contributed by atoms with Crippen LogP contribution in [0, 0.1) is 5.92 Å². The molecule has 0 fully saturated rings. The number of nitrogens with one attached hydrogen (secondary N) is 1. The number of carbonyl (C=O) groups excluding carboxylic acids is 1. The minimum absolute atomic E-state index is 0.0757. The molecule has 20 heavy (non-hydrogen) atoms. The number of thiophene rings is 1. The molecule has 0 bridgehead atoms. The number of aromatic amines is 1. The van der Waals surface area contributed by atoms with Gasteiger partial charge in [0.1, 0.15) is 10.5 Å². The van der Waals surface area contributed by atoms with Gasteiger partial charge in [-0.1, -0.05) is 13.8 Å². The maximum Gasteiger partial charge on any atom is 0.268 e. The van der Waals surface area contributed by atoms with E-state index in [1.165, 1.54) is 11.3 Å². The van der Waals surface area contributed by atoms with E-state index in [9.17, 15) is 9.59 Å². The smallest absolute Gasteiger partial charge is 0.268 e. The third kappa shape index (κ3) is 3.45. The monoisotopic (exact) mass is 293 g/mol. The summed E-state index contributed by atoms with van der Waals surface area (Å²) in [5, 5.41) is 1.84. The second-order valence-electron chi connectivity index (χ2n) is 5.33. The first-order chi connectivity index (χ1) is 9.47. The Hall–Kier alpha value is -1.69. The van der Waals surface area contributed by atoms with Gasteiger partial charge < -0.3 is 9.88 Å². The summed E-state index contributed by atoms with van der Waals surface area (Å²) in [6.07, 6.45) is 1.40. The van der Waals surface area contributed by atoms with Gasteiger partial charge in [0.15, 0.2) is 0 Å². The van der Waals surface area contributed by atoms with Crippen LogP contribution in [0.5, 0.6) is 0 Å². The Morgan fingerprint density at radius 3 is 2.95 bits per heavy atom. The molecule has 1 N–H and O–H groups in total. The number of carbonyl (C=O) groups is 1. The topological polar surface area (TPSA) is 66.1 Å². The lowest BCUT2D eigenvalue weighted by molar-refractivity contribution is -0.130. The minimum Gasteiger partial charge on any atom is -0.338 e. The molecule has 0 saturated heterocycles. The maximum atomic E-state index is 12.0. The average Bonchev–Trinajstić information content (AvgIpc) is 2.84. The van der Waals surface area contributed by atoms with Crippen LogP contribution in [0.15, 0.2) is 16.2 Å². The zero-order valence-corrected chi connectivity index (χ0v) is 12.8. The van der Waals surface area contributed by atoms with E-state index in [2.05, 4.69) is 23.8 Å². The number of nitrogens with zero attached hydrogens (tertiary/aromatic N) is 2. The van der Waals surface area contributed by atoms with E-state index in [4.69, 9.17) is 0 Å². The van der Waals surface area contributed by atoms with Crippen molar-refractivity contribution in [3.63, 3.8) is 0 Å². The first-order valence-electron chi connectivity index (χ1n) is 6.67. The van der Waals surface area contributed by atoms with Crippen molar-refractivity contribution in [1.29, 1.82) is 0 Å². The van der Waals surface area contributed by atoms with Gasteiger partial charge in [0.2, 0.25) is 5.91 Å². The molecule has 2 aromatic rings. The van der Waals surface area contributed by atoms with Gasteiger partial charge in [-0.25, -0.2) is 4.98 Å². The van der Waals surface area contributed by atoms with E-state index in [0.29, 0.717) is 34.9 Å². The van der Waals surface area contributed by atoms with Gasteiger partial charge in [-0.15, -0.1) is 11.3 Å². The maximum absolute atomic E-state index is 12.0. The Morgan fingerprint density at radius 2 is 2.25 bits per heavy atom. The second kappa shape index (κ2) is 6.17. The predicted octanol–water partition coefficient (Wildman–Crippen LogP) is 2.38. The van der Waals surface area contributed by atoms with Crippen molar-refractivity contribution in [2.45, 2.75) is 33.2 Å². The quantitative estimate of drug-likeness (QED) is 0.920. The Labute approximate surface area is 121 Å². The highest BCUT2D eigenvalue weighted by molar-refractivity contribution is 7.17. The molecule has 0 atom stereocenters. The number of amides is 1. The van der Waals surface area contributed by atoms with E-state index >= 15 is 0 Å². The van der Waals surface area contributed by atoms with Crippen LogP contribution >= 0.6 is 11.3 Å². The summed E-state index contributed by atoms with van der Waals surface area (Å²) in [6.45, 7) is 4.52. The molecular formula is C14H19N3O2S. The predicted molar refractivity (Wildman–Crippen MR) is 80.8 cm³/mol. The second-order valence-corrected chi connectivity index (χ2v) is 6.25. The molecule has 2 rings (SSSR count). The highest BCUT2D eigenvalue weighted by Crippen LogP contribution is 2.14. The number of aromatic nitrogens is 2. The van der Waals surface area contributed by atoms with E-state index in [-0.39, 0.29) is 11.5 Å². The van der Waals surface area contributed by atoms with Crippen LogP contribution in [0.4, 0.5) is 0 Å². The molecular weight excluding hydrogens is 274 g/mol. The lowest BCUT2D eigenvalue weighted by Crippen LogP contribution is -2.28. The molecule has 0 saturated carbocycles. The molecule has 0 unspecified atom stereocenters. The zero-order valence-electron chi connectivity index (χ0n) is 12.0. The summed E-state index contributed by atoms with van der Waals surface area (Å²) < 4.78 is 0.627. The van der Waals surface area contributed by atoms with Crippen molar-refractivity contribution >= 4 is 27.5 Å². The molecule has 0 aromatic carbocycles. The summed E-state index contributed by atoms with van der Waals surface area (Å²) in [6, 6.07) is 1.82. The highest BCUT2D eigenvalue weighted by Gasteiger charge is 2.12. The van der Waals surface area contributed by atoms with Gasteiger partial charge >= 0.3 is 0 Å². The number of hydrogen-bond donors (Lipinski definition) is 1. The molecule has 2 aromatic heterocycles. The van der Waals surface area contributed by atoms with E-state index in [0.717, 1.165) is 6.42 Å². The number of fused-ring (bicyclic) bond motifs is 1. The Kier molecular flexibility index (Phi) is 4.54. The Balaban J connectivity index is 2.07. The molecule has 2 heterocycles. The van der Waals surface area contributed by atoms with Crippen molar-refractivity contribution in [1.82, 2.24) is 14.9 Å². The lowest BCUT2D eigenvalue weighted by Gasteiger charge is -2.17. The molecule has 6 heteroatoms. The summed E-state index contributed by atoms with van der Waals surface area (Å²) in [4.78, 5) is 32.5. The molecule has 5 nitrogen and oxygen atoms in total. The van der Waals surface area contributed by atoms with Crippen molar-refractivity contribution < 1.29 is 4.79 Å². The van der Waals surface area contributed by atoms with E-state index in [1.807, 2.05) is 11.4 Å². The number of rotatable bonds is 5. The van der Waals surface area contributed by atoms with E-state index < -0.39 is 0 Å². The number of hydrogen-bond acceptors (Lipinski definition) is 4. The van der Waals surface area contributed by atoms with Crippen molar-refractivity contribution in [2.24, 2.45) is 5.92 Å². The van der Waals surface area contributed by atoms with E-state index in [1.54, 1.807) is 11.9 Å². The molecule has 0 aliphatic heterocycles. The van der Waals surface area contributed by atoms with Gasteiger partial charge in [-0.3, -0.25) is 9.59 Å². The van der Waals surface area contributed by atoms with Crippen LogP contribution in [-0.2, 0) is 11.3 Å². The van der Waals surface area contributed by atoms with Crippen molar-refractivity contribution in [3.8, 4) is 0 Å². The SMILES string of the molecule is CC(C)CCC(=O)N(C)Cc1nc2ccsc2c(=O)[nH]1. The van der Waals surface area contributed by atoms with Gasteiger partial charge in [0.05, 0.1) is 12.1 Å². The van der Waals surface area contributed by atoms with Gasteiger partial charge in [-0.2, -0.15) is 0 Å². The van der Waals surface area contributed by atoms with Gasteiger partial charge in [0.25, 0.3) is 5.56 Å². The van der Waals surface area contributed by atoms with Crippen LogP contribution in [-0.4, -0.2) is 27.8 Å². The normalized spacial score (nSPS) is 11.2. The van der Waals surface area contributed by atoms with Gasteiger partial charge in [0, 0.05) is 13.5 Å².